The van der Waals surface area contributed by atoms with Crippen LogP contribution in [0.25, 0.3) is 11.1 Å². The fraction of sp³-hybridized carbons (Fsp3) is 0.238. The number of benzene rings is 2. The molecule has 1 saturated heterocycles. The summed E-state index contributed by atoms with van der Waals surface area (Å²) < 4.78 is 0. The Kier molecular flexibility index (Phi) is 5.35. The third-order valence-electron chi connectivity index (χ3n) is 5.07. The topological polar surface area (TPSA) is 111 Å². The number of aromatic nitrogens is 3. The second-order valence-electron chi connectivity index (χ2n) is 6.99. The van der Waals surface area contributed by atoms with Crippen LogP contribution in [0, 0.1) is 0 Å². The van der Waals surface area contributed by atoms with E-state index in [-0.39, 0.29) is 24.1 Å². The van der Waals surface area contributed by atoms with Crippen LogP contribution in [0.15, 0.2) is 60.8 Å². The van der Waals surface area contributed by atoms with Crippen LogP contribution in [0.4, 0.5) is 0 Å². The molecule has 2 aromatic carbocycles. The van der Waals surface area contributed by atoms with Gasteiger partial charge >= 0.3 is 0 Å². The maximum absolute atomic E-state index is 12.7. The molecule has 8 heteroatoms. The van der Waals surface area contributed by atoms with Crippen LogP contribution in [-0.4, -0.2) is 62.5 Å². The van der Waals surface area contributed by atoms with Crippen LogP contribution < -0.4 is 5.32 Å². The van der Waals surface area contributed by atoms with Crippen LogP contribution in [0.1, 0.15) is 27.3 Å². The Morgan fingerprint density at radius 1 is 1.07 bits per heavy atom. The lowest BCUT2D eigenvalue weighted by Crippen LogP contribution is -2.56. The van der Waals surface area contributed by atoms with Crippen LogP contribution in [0.5, 0.6) is 0 Å². The number of nitrogens with one attached hydrogen (secondary N) is 2. The second-order valence-corrected chi connectivity index (χ2v) is 6.99. The number of carbonyl (C=O) groups excluding carboxylic acids is 2. The number of hydrogen-bond donors (Lipinski definition) is 3. The SMILES string of the molecule is O=C(N[C@@H]1CN(C(=O)c2cn[nH]n2)CC[C@H]1O)c1ccc(-c2ccccc2)cc1. The Hall–Kier alpha value is -3.52. The van der Waals surface area contributed by atoms with Crippen molar-refractivity contribution in [1.29, 1.82) is 0 Å². The van der Waals surface area contributed by atoms with Gasteiger partial charge in [-0.15, -0.1) is 0 Å². The highest BCUT2D eigenvalue weighted by Crippen LogP contribution is 2.20. The number of H-pyrrole nitrogens is 1. The quantitative estimate of drug-likeness (QED) is 0.624. The van der Waals surface area contributed by atoms with E-state index in [4.69, 9.17) is 0 Å². The first-order chi connectivity index (χ1) is 14.1. The van der Waals surface area contributed by atoms with Gasteiger partial charge in [-0.05, 0) is 29.7 Å². The number of rotatable bonds is 4. The Labute approximate surface area is 167 Å². The summed E-state index contributed by atoms with van der Waals surface area (Å²) in [5, 5.41) is 23.0. The lowest BCUT2D eigenvalue weighted by atomic mass is 10.0. The van der Waals surface area contributed by atoms with Crippen molar-refractivity contribution in [2.24, 2.45) is 0 Å². The van der Waals surface area contributed by atoms with Gasteiger partial charge < -0.3 is 15.3 Å². The summed E-state index contributed by atoms with van der Waals surface area (Å²) in [6.07, 6.45) is 1.01. The normalized spacial score (nSPS) is 19.0. The zero-order chi connectivity index (χ0) is 20.2. The second kappa shape index (κ2) is 8.24. The van der Waals surface area contributed by atoms with Gasteiger partial charge in [-0.1, -0.05) is 42.5 Å². The van der Waals surface area contributed by atoms with E-state index in [0.717, 1.165) is 11.1 Å². The third kappa shape index (κ3) is 4.17. The smallest absolute Gasteiger partial charge is 0.276 e. The summed E-state index contributed by atoms with van der Waals surface area (Å²) in [5.74, 6) is -0.568. The first-order valence-electron chi connectivity index (χ1n) is 9.41. The average molecular weight is 391 g/mol. The van der Waals surface area contributed by atoms with Gasteiger partial charge in [0.2, 0.25) is 0 Å². The summed E-state index contributed by atoms with van der Waals surface area (Å²) >= 11 is 0. The molecular formula is C21H21N5O3. The highest BCUT2D eigenvalue weighted by molar-refractivity contribution is 5.95. The Morgan fingerprint density at radius 3 is 2.48 bits per heavy atom. The number of piperidine rings is 1. The molecule has 0 aliphatic carbocycles. The number of aromatic amines is 1. The molecule has 0 spiro atoms. The van der Waals surface area contributed by atoms with E-state index in [1.165, 1.54) is 6.20 Å². The van der Waals surface area contributed by atoms with E-state index < -0.39 is 12.1 Å². The van der Waals surface area contributed by atoms with Crippen LogP contribution in [-0.2, 0) is 0 Å². The molecule has 29 heavy (non-hydrogen) atoms. The van der Waals surface area contributed by atoms with Crippen molar-refractivity contribution in [1.82, 2.24) is 25.6 Å². The maximum Gasteiger partial charge on any atom is 0.276 e. The molecule has 148 valence electrons. The van der Waals surface area contributed by atoms with E-state index in [1.54, 1.807) is 17.0 Å². The van der Waals surface area contributed by atoms with E-state index in [0.29, 0.717) is 18.5 Å². The highest BCUT2D eigenvalue weighted by Gasteiger charge is 2.32. The first-order valence-corrected chi connectivity index (χ1v) is 9.41. The van der Waals surface area contributed by atoms with Crippen LogP contribution in [0.3, 0.4) is 0 Å². The van der Waals surface area contributed by atoms with Gasteiger partial charge in [-0.2, -0.15) is 15.4 Å². The van der Waals surface area contributed by atoms with Crippen molar-refractivity contribution in [2.75, 3.05) is 13.1 Å². The van der Waals surface area contributed by atoms with Crippen molar-refractivity contribution in [3.05, 3.63) is 72.1 Å². The summed E-state index contributed by atoms with van der Waals surface area (Å²) in [4.78, 5) is 26.7. The standard InChI is InChI=1S/C21H21N5O3/c27-19-10-11-26(21(29)17-12-22-25-24-17)13-18(19)23-20(28)16-8-6-15(7-9-16)14-4-2-1-3-5-14/h1-9,12,18-19,27H,10-11,13H2,(H,23,28)(H,22,24,25)/t18-,19-/m1/s1. The fourth-order valence-electron chi connectivity index (χ4n) is 3.43. The lowest BCUT2D eigenvalue weighted by molar-refractivity contribution is 0.0355. The molecule has 1 aliphatic heterocycles. The van der Waals surface area contributed by atoms with E-state index in [2.05, 4.69) is 20.7 Å². The molecule has 3 aromatic rings. The predicted molar refractivity (Wildman–Crippen MR) is 106 cm³/mol. The molecule has 1 aliphatic rings. The summed E-state index contributed by atoms with van der Waals surface area (Å²) in [7, 11) is 0. The Morgan fingerprint density at radius 2 is 1.79 bits per heavy atom. The molecule has 0 unspecified atom stereocenters. The molecule has 0 radical (unpaired) electrons. The minimum absolute atomic E-state index is 0.209. The maximum atomic E-state index is 12.7. The van der Waals surface area contributed by atoms with E-state index >= 15 is 0 Å². The number of aliphatic hydroxyl groups excluding tert-OH is 1. The van der Waals surface area contributed by atoms with Crippen LogP contribution >= 0.6 is 0 Å². The molecule has 0 saturated carbocycles. The van der Waals surface area contributed by atoms with Gasteiger partial charge in [-0.3, -0.25) is 9.59 Å². The van der Waals surface area contributed by atoms with Crippen molar-refractivity contribution < 1.29 is 14.7 Å². The number of amides is 2. The molecule has 2 amide bonds. The summed E-state index contributed by atoms with van der Waals surface area (Å²) in [6, 6.07) is 16.6. The van der Waals surface area contributed by atoms with Crippen molar-refractivity contribution in [3.63, 3.8) is 0 Å². The number of aliphatic hydroxyl groups is 1. The lowest BCUT2D eigenvalue weighted by Gasteiger charge is -2.36. The van der Waals surface area contributed by atoms with Gasteiger partial charge in [0, 0.05) is 18.7 Å². The molecule has 0 bridgehead atoms. The van der Waals surface area contributed by atoms with Gasteiger partial charge in [-0.25, -0.2) is 0 Å². The van der Waals surface area contributed by atoms with E-state index in [1.807, 2.05) is 42.5 Å². The van der Waals surface area contributed by atoms with Gasteiger partial charge in [0.15, 0.2) is 5.69 Å². The van der Waals surface area contributed by atoms with Crippen molar-refractivity contribution in [3.8, 4) is 11.1 Å². The number of nitrogens with zero attached hydrogens (tertiary/aromatic N) is 3. The minimum Gasteiger partial charge on any atom is -0.391 e. The summed E-state index contributed by atoms with van der Waals surface area (Å²) in [6.45, 7) is 0.603. The number of carbonyl (C=O) groups is 2. The predicted octanol–water partition coefficient (Wildman–Crippen LogP) is 1.48. The van der Waals surface area contributed by atoms with Gasteiger partial charge in [0.25, 0.3) is 11.8 Å². The molecule has 8 nitrogen and oxygen atoms in total. The Bertz CT molecular complexity index is 973. The van der Waals surface area contributed by atoms with Crippen LogP contribution in [0.2, 0.25) is 0 Å². The highest BCUT2D eigenvalue weighted by atomic mass is 16.3. The molecule has 2 heterocycles. The summed E-state index contributed by atoms with van der Waals surface area (Å²) in [5.41, 5.74) is 2.80. The minimum atomic E-state index is -0.719. The zero-order valence-corrected chi connectivity index (χ0v) is 15.7. The largest absolute Gasteiger partial charge is 0.391 e. The molecule has 3 N–H and O–H groups in total. The number of hydrogen-bond acceptors (Lipinski definition) is 5. The van der Waals surface area contributed by atoms with Gasteiger partial charge in [0.1, 0.15) is 0 Å². The molecular weight excluding hydrogens is 370 g/mol. The molecule has 2 atom stereocenters. The first kappa shape index (κ1) is 18.8. The van der Waals surface area contributed by atoms with Crippen molar-refractivity contribution in [2.45, 2.75) is 18.6 Å². The van der Waals surface area contributed by atoms with Gasteiger partial charge in [0.05, 0.1) is 18.3 Å². The zero-order valence-electron chi connectivity index (χ0n) is 15.7. The molecule has 1 fully saturated rings. The average Bonchev–Trinajstić information content (AvgIpc) is 3.30. The van der Waals surface area contributed by atoms with E-state index in [9.17, 15) is 14.7 Å². The van der Waals surface area contributed by atoms with Crippen molar-refractivity contribution >= 4 is 11.8 Å². The number of likely N-dealkylation sites (tertiary alicyclic amines) is 1. The molecule has 4 rings (SSSR count). The third-order valence-corrected chi connectivity index (χ3v) is 5.07. The molecule has 1 aromatic heterocycles. The Balaban J connectivity index is 1.42. The fourth-order valence-corrected chi connectivity index (χ4v) is 3.43. The monoisotopic (exact) mass is 391 g/mol.